The molecule has 1 fully saturated rings. The fourth-order valence-electron chi connectivity index (χ4n) is 2.46. The molecule has 0 amide bonds. The molecule has 5 heteroatoms. The van der Waals surface area contributed by atoms with Gasteiger partial charge >= 0.3 is 6.01 Å². The zero-order chi connectivity index (χ0) is 12.1. The van der Waals surface area contributed by atoms with Crippen LogP contribution in [0.3, 0.4) is 0 Å². The standard InChI is InChI=1S/C12H20ClN3O/c1-2-9-4-3-5-10(8-9)14-12-16-15-11(17-12)6-7-13/h9-10H,2-8H2,1H3,(H,14,16). The third kappa shape index (κ3) is 3.60. The number of aryl methyl sites for hydroxylation is 1. The van der Waals surface area contributed by atoms with E-state index in [1.807, 2.05) is 0 Å². The molecule has 0 bridgehead atoms. The van der Waals surface area contributed by atoms with Crippen LogP contribution in [0.15, 0.2) is 4.42 Å². The Morgan fingerprint density at radius 3 is 3.06 bits per heavy atom. The molecule has 1 aliphatic rings. The van der Waals surface area contributed by atoms with Gasteiger partial charge in [0, 0.05) is 18.3 Å². The van der Waals surface area contributed by atoms with Gasteiger partial charge in [0.05, 0.1) is 0 Å². The number of hydrogen-bond donors (Lipinski definition) is 1. The van der Waals surface area contributed by atoms with Gasteiger partial charge in [-0.05, 0) is 18.8 Å². The number of hydrogen-bond acceptors (Lipinski definition) is 4. The first kappa shape index (κ1) is 12.7. The molecule has 2 rings (SSSR count). The Kier molecular flexibility index (Phi) is 4.66. The average Bonchev–Trinajstić information content (AvgIpc) is 2.77. The monoisotopic (exact) mass is 257 g/mol. The molecule has 4 nitrogen and oxygen atoms in total. The van der Waals surface area contributed by atoms with Crippen molar-refractivity contribution in [2.24, 2.45) is 5.92 Å². The maximum absolute atomic E-state index is 5.63. The van der Waals surface area contributed by atoms with E-state index in [-0.39, 0.29) is 0 Å². The molecule has 1 N–H and O–H groups in total. The van der Waals surface area contributed by atoms with Gasteiger partial charge in [-0.3, -0.25) is 0 Å². The summed E-state index contributed by atoms with van der Waals surface area (Å²) in [6, 6.07) is 1.03. The second-order valence-electron chi connectivity index (χ2n) is 4.72. The van der Waals surface area contributed by atoms with Crippen molar-refractivity contribution in [2.45, 2.75) is 51.5 Å². The summed E-state index contributed by atoms with van der Waals surface area (Å²) in [4.78, 5) is 0. The zero-order valence-electron chi connectivity index (χ0n) is 10.3. The van der Waals surface area contributed by atoms with Crippen molar-refractivity contribution < 1.29 is 4.42 Å². The first-order chi connectivity index (χ1) is 8.31. The van der Waals surface area contributed by atoms with E-state index in [0.717, 1.165) is 5.92 Å². The lowest BCUT2D eigenvalue weighted by atomic mass is 9.84. The molecule has 1 heterocycles. The minimum atomic E-state index is 0.484. The molecule has 2 unspecified atom stereocenters. The van der Waals surface area contributed by atoms with Crippen LogP contribution in [-0.4, -0.2) is 22.1 Å². The van der Waals surface area contributed by atoms with Crippen LogP contribution in [0.4, 0.5) is 6.01 Å². The first-order valence-corrected chi connectivity index (χ1v) is 7.00. The highest BCUT2D eigenvalue weighted by Gasteiger charge is 2.21. The molecular weight excluding hydrogens is 238 g/mol. The highest BCUT2D eigenvalue weighted by Crippen LogP contribution is 2.28. The number of anilines is 1. The SMILES string of the molecule is CCC1CCCC(Nc2nnc(CCCl)o2)C1. The predicted octanol–water partition coefficient (Wildman–Crippen LogP) is 3.23. The summed E-state index contributed by atoms with van der Waals surface area (Å²) in [5.41, 5.74) is 0. The van der Waals surface area contributed by atoms with Gasteiger partial charge in [0.1, 0.15) is 0 Å². The molecule has 1 aromatic heterocycles. The van der Waals surface area contributed by atoms with Gasteiger partial charge in [-0.2, -0.15) is 0 Å². The van der Waals surface area contributed by atoms with Gasteiger partial charge in [0.2, 0.25) is 5.89 Å². The van der Waals surface area contributed by atoms with Crippen molar-refractivity contribution in [3.8, 4) is 0 Å². The molecular formula is C12H20ClN3O. The fourth-order valence-corrected chi connectivity index (χ4v) is 2.62. The zero-order valence-corrected chi connectivity index (χ0v) is 11.0. The van der Waals surface area contributed by atoms with Crippen molar-refractivity contribution in [2.75, 3.05) is 11.2 Å². The topological polar surface area (TPSA) is 51.0 Å². The van der Waals surface area contributed by atoms with Crippen LogP contribution in [0.1, 0.15) is 44.9 Å². The van der Waals surface area contributed by atoms with Gasteiger partial charge in [0.25, 0.3) is 0 Å². The molecule has 1 aromatic rings. The summed E-state index contributed by atoms with van der Waals surface area (Å²) in [5, 5.41) is 11.3. The lowest BCUT2D eigenvalue weighted by Crippen LogP contribution is -2.27. The number of nitrogens with zero attached hydrogens (tertiary/aromatic N) is 2. The normalized spacial score (nSPS) is 24.8. The minimum Gasteiger partial charge on any atom is -0.408 e. The molecule has 0 spiro atoms. The van der Waals surface area contributed by atoms with Crippen molar-refractivity contribution in [1.82, 2.24) is 10.2 Å². The second kappa shape index (κ2) is 6.24. The molecule has 0 saturated heterocycles. The third-order valence-corrected chi connectivity index (χ3v) is 3.65. The van der Waals surface area contributed by atoms with Crippen molar-refractivity contribution in [1.29, 1.82) is 0 Å². The molecule has 1 aliphatic carbocycles. The van der Waals surface area contributed by atoms with Crippen molar-refractivity contribution in [3.05, 3.63) is 5.89 Å². The number of halogens is 1. The average molecular weight is 258 g/mol. The lowest BCUT2D eigenvalue weighted by molar-refractivity contribution is 0.323. The van der Waals surface area contributed by atoms with Crippen LogP contribution < -0.4 is 5.32 Å². The van der Waals surface area contributed by atoms with Gasteiger partial charge in [0.15, 0.2) is 0 Å². The second-order valence-corrected chi connectivity index (χ2v) is 5.10. The Morgan fingerprint density at radius 1 is 1.41 bits per heavy atom. The molecule has 1 saturated carbocycles. The molecule has 17 heavy (non-hydrogen) atoms. The molecule has 96 valence electrons. The van der Waals surface area contributed by atoms with E-state index in [0.29, 0.717) is 30.2 Å². The van der Waals surface area contributed by atoms with E-state index in [9.17, 15) is 0 Å². The molecule has 0 aromatic carbocycles. The first-order valence-electron chi connectivity index (χ1n) is 6.46. The van der Waals surface area contributed by atoms with E-state index in [4.69, 9.17) is 16.0 Å². The minimum absolute atomic E-state index is 0.484. The van der Waals surface area contributed by atoms with E-state index >= 15 is 0 Å². The van der Waals surface area contributed by atoms with Crippen LogP contribution in [0.5, 0.6) is 0 Å². The maximum Gasteiger partial charge on any atom is 0.315 e. The van der Waals surface area contributed by atoms with Gasteiger partial charge in [-0.25, -0.2) is 0 Å². The summed E-state index contributed by atoms with van der Waals surface area (Å²) >= 11 is 5.63. The molecule has 0 radical (unpaired) electrons. The van der Waals surface area contributed by atoms with E-state index in [1.54, 1.807) is 0 Å². The summed E-state index contributed by atoms with van der Waals surface area (Å²) in [6.45, 7) is 2.26. The van der Waals surface area contributed by atoms with Gasteiger partial charge in [-0.15, -0.1) is 16.7 Å². The number of aromatic nitrogens is 2. The Labute approximate surface area is 107 Å². The fraction of sp³-hybridized carbons (Fsp3) is 0.833. The van der Waals surface area contributed by atoms with Crippen molar-refractivity contribution >= 4 is 17.6 Å². The quantitative estimate of drug-likeness (QED) is 0.823. The summed E-state index contributed by atoms with van der Waals surface area (Å²) in [5.74, 6) is 1.97. The highest BCUT2D eigenvalue weighted by molar-refractivity contribution is 6.17. The lowest BCUT2D eigenvalue weighted by Gasteiger charge is -2.28. The van der Waals surface area contributed by atoms with Crippen LogP contribution >= 0.6 is 11.6 Å². The highest BCUT2D eigenvalue weighted by atomic mass is 35.5. The number of rotatable bonds is 5. The van der Waals surface area contributed by atoms with Crippen LogP contribution in [0.2, 0.25) is 0 Å². The Bertz CT molecular complexity index is 342. The summed E-state index contributed by atoms with van der Waals surface area (Å²) < 4.78 is 5.48. The van der Waals surface area contributed by atoms with E-state index in [2.05, 4.69) is 22.4 Å². The summed E-state index contributed by atoms with van der Waals surface area (Å²) in [7, 11) is 0. The molecule has 0 aliphatic heterocycles. The predicted molar refractivity (Wildman–Crippen MR) is 68.4 cm³/mol. The Hall–Kier alpha value is -0.770. The van der Waals surface area contributed by atoms with Crippen molar-refractivity contribution in [3.63, 3.8) is 0 Å². The third-order valence-electron chi connectivity index (χ3n) is 3.46. The largest absolute Gasteiger partial charge is 0.408 e. The van der Waals surface area contributed by atoms with Gasteiger partial charge in [-0.1, -0.05) is 31.3 Å². The van der Waals surface area contributed by atoms with Gasteiger partial charge < -0.3 is 9.73 Å². The Balaban J connectivity index is 1.86. The van der Waals surface area contributed by atoms with Crippen LogP contribution in [-0.2, 0) is 6.42 Å². The smallest absolute Gasteiger partial charge is 0.315 e. The van der Waals surface area contributed by atoms with E-state index in [1.165, 1.54) is 32.1 Å². The number of nitrogens with one attached hydrogen (secondary N) is 1. The van der Waals surface area contributed by atoms with Crippen LogP contribution in [0.25, 0.3) is 0 Å². The Morgan fingerprint density at radius 2 is 2.29 bits per heavy atom. The summed E-state index contributed by atoms with van der Waals surface area (Å²) in [6.07, 6.45) is 6.96. The number of alkyl halides is 1. The van der Waals surface area contributed by atoms with E-state index < -0.39 is 0 Å². The molecule has 2 atom stereocenters. The van der Waals surface area contributed by atoms with Crippen LogP contribution in [0, 0.1) is 5.92 Å². The maximum atomic E-state index is 5.63.